The molecule has 0 aliphatic heterocycles. The van der Waals surface area contributed by atoms with Crippen molar-refractivity contribution in [2.24, 2.45) is 0 Å². The lowest BCUT2D eigenvalue weighted by atomic mass is 10.1. The van der Waals surface area contributed by atoms with Crippen LogP contribution in [0.4, 0.5) is 4.39 Å². The van der Waals surface area contributed by atoms with E-state index in [1.807, 2.05) is 6.92 Å². The molecule has 0 aromatic carbocycles. The van der Waals surface area contributed by atoms with Crippen molar-refractivity contribution < 1.29 is 4.39 Å². The minimum absolute atomic E-state index is 0.0156. The second kappa shape index (κ2) is 3.24. The normalized spacial score (nSPS) is 13.4. The molecule has 0 bridgehead atoms. The number of hydrogen-bond acceptors (Lipinski definition) is 3. The van der Waals surface area contributed by atoms with Crippen molar-refractivity contribution in [2.45, 2.75) is 19.1 Å². The third kappa shape index (κ3) is 1.28. The Morgan fingerprint density at radius 3 is 2.93 bits per heavy atom. The first-order valence-electron chi connectivity index (χ1n) is 4.27. The Bertz CT molecular complexity index is 478. The molecule has 0 fully saturated rings. The van der Waals surface area contributed by atoms with Gasteiger partial charge in [-0.2, -0.15) is 17.7 Å². The van der Waals surface area contributed by atoms with Crippen molar-refractivity contribution in [1.82, 2.24) is 14.6 Å². The van der Waals surface area contributed by atoms with Gasteiger partial charge >= 0.3 is 0 Å². The SMILES string of the molecule is Cc1c(C(C)S)cn2ncnc2c1F. The van der Waals surface area contributed by atoms with Crippen molar-refractivity contribution >= 4 is 18.3 Å². The molecule has 1 unspecified atom stereocenters. The van der Waals surface area contributed by atoms with E-state index >= 15 is 0 Å². The van der Waals surface area contributed by atoms with E-state index in [4.69, 9.17) is 0 Å². The first kappa shape index (κ1) is 9.45. The van der Waals surface area contributed by atoms with Crippen LogP contribution in [0.1, 0.15) is 23.3 Å². The third-order valence-electron chi connectivity index (χ3n) is 2.24. The molecule has 0 spiro atoms. The van der Waals surface area contributed by atoms with E-state index in [0.29, 0.717) is 5.56 Å². The van der Waals surface area contributed by atoms with E-state index in [9.17, 15) is 4.39 Å². The highest BCUT2D eigenvalue weighted by molar-refractivity contribution is 7.80. The van der Waals surface area contributed by atoms with Gasteiger partial charge in [0.05, 0.1) is 0 Å². The maximum atomic E-state index is 13.7. The number of rotatable bonds is 1. The highest BCUT2D eigenvalue weighted by Gasteiger charge is 2.13. The summed E-state index contributed by atoms with van der Waals surface area (Å²) in [6.07, 6.45) is 3.10. The van der Waals surface area contributed by atoms with Crippen molar-refractivity contribution in [2.75, 3.05) is 0 Å². The molecule has 5 heteroatoms. The van der Waals surface area contributed by atoms with Gasteiger partial charge in [-0.3, -0.25) is 0 Å². The van der Waals surface area contributed by atoms with Crippen LogP contribution in [0.15, 0.2) is 12.5 Å². The van der Waals surface area contributed by atoms with Crippen LogP contribution in [-0.2, 0) is 0 Å². The first-order valence-corrected chi connectivity index (χ1v) is 4.79. The molecule has 0 radical (unpaired) electrons. The van der Waals surface area contributed by atoms with E-state index in [1.165, 1.54) is 10.8 Å². The Kier molecular flexibility index (Phi) is 2.19. The van der Waals surface area contributed by atoms with Crippen LogP contribution in [0.3, 0.4) is 0 Å². The Morgan fingerprint density at radius 1 is 1.57 bits per heavy atom. The smallest absolute Gasteiger partial charge is 0.191 e. The van der Waals surface area contributed by atoms with Crippen LogP contribution in [0.25, 0.3) is 5.65 Å². The van der Waals surface area contributed by atoms with Crippen LogP contribution in [0.2, 0.25) is 0 Å². The average Bonchev–Trinajstić information content (AvgIpc) is 2.58. The molecular formula is C9H10FN3S. The Hall–Kier alpha value is -1.10. The number of hydrogen-bond donors (Lipinski definition) is 1. The molecule has 14 heavy (non-hydrogen) atoms. The summed E-state index contributed by atoms with van der Waals surface area (Å²) in [6.45, 7) is 3.62. The minimum Gasteiger partial charge on any atom is -0.218 e. The number of aromatic nitrogens is 3. The molecule has 0 amide bonds. The molecular weight excluding hydrogens is 201 g/mol. The molecule has 0 N–H and O–H groups in total. The fraction of sp³-hybridized carbons (Fsp3) is 0.333. The zero-order chi connectivity index (χ0) is 10.3. The first-order chi connectivity index (χ1) is 6.61. The van der Waals surface area contributed by atoms with Gasteiger partial charge in [-0.1, -0.05) is 0 Å². The summed E-state index contributed by atoms with van der Waals surface area (Å²) in [5.41, 5.74) is 1.69. The van der Waals surface area contributed by atoms with Gasteiger partial charge in [0.2, 0.25) is 0 Å². The van der Waals surface area contributed by atoms with Gasteiger partial charge < -0.3 is 0 Å². The summed E-state index contributed by atoms with van der Waals surface area (Å²) >= 11 is 4.28. The quantitative estimate of drug-likeness (QED) is 0.733. The molecule has 0 aliphatic carbocycles. The molecule has 2 heterocycles. The van der Waals surface area contributed by atoms with Crippen LogP contribution in [0.5, 0.6) is 0 Å². The molecule has 2 rings (SSSR count). The third-order valence-corrected chi connectivity index (χ3v) is 2.52. The van der Waals surface area contributed by atoms with E-state index in [-0.39, 0.29) is 16.7 Å². The maximum absolute atomic E-state index is 13.7. The molecule has 0 saturated heterocycles. The summed E-state index contributed by atoms with van der Waals surface area (Å²) in [5, 5.41) is 3.88. The van der Waals surface area contributed by atoms with Gasteiger partial charge in [-0.25, -0.2) is 13.9 Å². The second-order valence-corrected chi connectivity index (χ2v) is 4.00. The molecule has 3 nitrogen and oxygen atoms in total. The van der Waals surface area contributed by atoms with Crippen LogP contribution in [-0.4, -0.2) is 14.6 Å². The largest absolute Gasteiger partial charge is 0.218 e. The molecule has 74 valence electrons. The monoisotopic (exact) mass is 211 g/mol. The summed E-state index contributed by atoms with van der Waals surface area (Å²) in [4.78, 5) is 3.83. The molecule has 0 aliphatic rings. The van der Waals surface area contributed by atoms with E-state index in [2.05, 4.69) is 22.7 Å². The summed E-state index contributed by atoms with van der Waals surface area (Å²) in [7, 11) is 0. The van der Waals surface area contributed by atoms with Crippen LogP contribution < -0.4 is 0 Å². The summed E-state index contributed by atoms with van der Waals surface area (Å²) in [6, 6.07) is 0. The highest BCUT2D eigenvalue weighted by atomic mass is 32.1. The predicted molar refractivity (Wildman–Crippen MR) is 55.1 cm³/mol. The van der Waals surface area contributed by atoms with Crippen molar-refractivity contribution in [1.29, 1.82) is 0 Å². The summed E-state index contributed by atoms with van der Waals surface area (Å²) in [5.74, 6) is -0.319. The lowest BCUT2D eigenvalue weighted by Crippen LogP contribution is -2.01. The van der Waals surface area contributed by atoms with E-state index in [0.717, 1.165) is 5.56 Å². The van der Waals surface area contributed by atoms with Crippen LogP contribution >= 0.6 is 12.6 Å². The van der Waals surface area contributed by atoms with Gasteiger partial charge in [-0.15, -0.1) is 0 Å². The Morgan fingerprint density at radius 2 is 2.29 bits per heavy atom. The number of nitrogens with zero attached hydrogens (tertiary/aromatic N) is 3. The second-order valence-electron chi connectivity index (χ2n) is 3.23. The molecule has 2 aromatic rings. The number of thiol groups is 1. The zero-order valence-corrected chi connectivity index (χ0v) is 8.79. The number of pyridine rings is 1. The molecule has 1 atom stereocenters. The average molecular weight is 211 g/mol. The Balaban J connectivity index is 2.80. The fourth-order valence-electron chi connectivity index (χ4n) is 1.45. The van der Waals surface area contributed by atoms with E-state index in [1.54, 1.807) is 13.1 Å². The lowest BCUT2D eigenvalue weighted by Gasteiger charge is -2.09. The van der Waals surface area contributed by atoms with Gasteiger partial charge in [0.1, 0.15) is 6.33 Å². The minimum atomic E-state index is -0.319. The highest BCUT2D eigenvalue weighted by Crippen LogP contribution is 2.25. The number of fused-ring (bicyclic) bond motifs is 1. The topological polar surface area (TPSA) is 30.2 Å². The van der Waals surface area contributed by atoms with Crippen LogP contribution in [0, 0.1) is 12.7 Å². The van der Waals surface area contributed by atoms with Crippen molar-refractivity contribution in [3.05, 3.63) is 29.5 Å². The lowest BCUT2D eigenvalue weighted by molar-refractivity contribution is 0.614. The summed E-state index contributed by atoms with van der Waals surface area (Å²) < 4.78 is 15.1. The Labute approximate surface area is 86.4 Å². The van der Waals surface area contributed by atoms with Gasteiger partial charge in [0.25, 0.3) is 0 Å². The van der Waals surface area contributed by atoms with Crippen molar-refractivity contribution in [3.8, 4) is 0 Å². The van der Waals surface area contributed by atoms with Gasteiger partial charge in [0, 0.05) is 11.4 Å². The predicted octanol–water partition coefficient (Wildman–Crippen LogP) is 2.17. The molecule has 0 saturated carbocycles. The number of halogens is 1. The maximum Gasteiger partial charge on any atom is 0.191 e. The van der Waals surface area contributed by atoms with E-state index < -0.39 is 0 Å². The standard InChI is InChI=1S/C9H10FN3S/c1-5-7(6(2)14)3-13-9(8(5)10)11-4-12-13/h3-4,6,14H,1-2H3. The zero-order valence-electron chi connectivity index (χ0n) is 7.90. The fourth-order valence-corrected chi connectivity index (χ4v) is 1.71. The van der Waals surface area contributed by atoms with Crippen molar-refractivity contribution in [3.63, 3.8) is 0 Å². The molecule has 2 aromatic heterocycles. The van der Waals surface area contributed by atoms with Gasteiger partial charge in [-0.05, 0) is 25.0 Å². The van der Waals surface area contributed by atoms with Gasteiger partial charge in [0.15, 0.2) is 11.5 Å².